The molecule has 10 heteroatoms. The number of thioether (sulfide) groups is 1. The quantitative estimate of drug-likeness (QED) is 0.102. The van der Waals surface area contributed by atoms with Gasteiger partial charge in [-0.15, -0.1) is 10.2 Å². The molecule has 0 saturated carbocycles. The van der Waals surface area contributed by atoms with Crippen molar-refractivity contribution in [1.82, 2.24) is 15.2 Å². The van der Waals surface area contributed by atoms with Crippen LogP contribution in [0.1, 0.15) is 33.9 Å². The molecule has 1 fully saturated rings. The van der Waals surface area contributed by atoms with Crippen molar-refractivity contribution in [1.29, 1.82) is 0 Å². The number of anilines is 1. The zero-order valence-electron chi connectivity index (χ0n) is 19.9. The standard InChI is InChI=1S/C27H21ClN4O3S2/c1-15-3-4-16(2)20(13-15)23(33)21-22(18-9-11-29-12-10-18)32(25(35)24(21)34)26-30-31-27(37-26)36-14-17-5-7-19(28)8-6-17/h3-13,22,33H,14H2,1-2H3/b23-21+. The lowest BCUT2D eigenvalue weighted by Gasteiger charge is -2.22. The SMILES string of the molecule is Cc1ccc(C)c(/C(O)=C2\C(=O)C(=O)N(c3nnc(SCc4ccc(Cl)cc4)s3)C2c2ccncc2)c1. The first kappa shape index (κ1) is 25.1. The summed E-state index contributed by atoms with van der Waals surface area (Å²) in [4.78, 5) is 32.1. The summed E-state index contributed by atoms with van der Waals surface area (Å²) in [6.07, 6.45) is 3.17. The van der Waals surface area contributed by atoms with Crippen molar-refractivity contribution in [3.63, 3.8) is 0 Å². The van der Waals surface area contributed by atoms with Gasteiger partial charge in [-0.25, -0.2) is 0 Å². The Hall–Kier alpha value is -3.53. The molecule has 1 aliphatic rings. The third kappa shape index (κ3) is 5.02. The third-order valence-corrected chi connectivity index (χ3v) is 8.37. The molecule has 1 atom stereocenters. The summed E-state index contributed by atoms with van der Waals surface area (Å²) in [5, 5.41) is 20.8. The number of aryl methyl sites for hydroxylation is 2. The van der Waals surface area contributed by atoms with Gasteiger partial charge in [0.05, 0.1) is 11.6 Å². The van der Waals surface area contributed by atoms with Crippen molar-refractivity contribution in [2.45, 2.75) is 30.0 Å². The van der Waals surface area contributed by atoms with E-state index in [0.717, 1.165) is 16.7 Å². The number of benzene rings is 2. The zero-order valence-corrected chi connectivity index (χ0v) is 22.3. The first-order valence-electron chi connectivity index (χ1n) is 11.3. The largest absolute Gasteiger partial charge is 0.507 e. The van der Waals surface area contributed by atoms with Gasteiger partial charge in [0.25, 0.3) is 5.78 Å². The summed E-state index contributed by atoms with van der Waals surface area (Å²) >= 11 is 8.66. The summed E-state index contributed by atoms with van der Waals surface area (Å²) < 4.78 is 0.648. The molecule has 1 N–H and O–H groups in total. The predicted molar refractivity (Wildman–Crippen MR) is 146 cm³/mol. The number of halogens is 1. The number of ketones is 1. The first-order chi connectivity index (χ1) is 17.8. The Bertz CT molecular complexity index is 1520. The van der Waals surface area contributed by atoms with Crippen molar-refractivity contribution < 1.29 is 14.7 Å². The van der Waals surface area contributed by atoms with Gasteiger partial charge in [0.1, 0.15) is 5.76 Å². The number of aromatic nitrogens is 3. The predicted octanol–water partition coefficient (Wildman–Crippen LogP) is 6.12. The van der Waals surface area contributed by atoms with Crippen molar-refractivity contribution in [2.24, 2.45) is 0 Å². The maximum absolute atomic E-state index is 13.3. The number of carbonyl (C=O) groups excluding carboxylic acids is 2. The van der Waals surface area contributed by atoms with Gasteiger partial charge in [0, 0.05) is 28.7 Å². The smallest absolute Gasteiger partial charge is 0.301 e. The van der Waals surface area contributed by atoms with Gasteiger partial charge in [-0.3, -0.25) is 19.5 Å². The van der Waals surface area contributed by atoms with E-state index >= 15 is 0 Å². The lowest BCUT2D eigenvalue weighted by Crippen LogP contribution is -2.29. The topological polar surface area (TPSA) is 96.3 Å². The first-order valence-corrected chi connectivity index (χ1v) is 13.5. The number of hydrogen-bond donors (Lipinski definition) is 1. The molecule has 2 aromatic heterocycles. The second kappa shape index (κ2) is 10.5. The normalized spacial score (nSPS) is 16.9. The van der Waals surface area contributed by atoms with Crippen LogP contribution in [-0.4, -0.2) is 32.0 Å². The molecule has 37 heavy (non-hydrogen) atoms. The van der Waals surface area contributed by atoms with E-state index in [1.54, 1.807) is 30.6 Å². The minimum atomic E-state index is -0.870. The fourth-order valence-corrected chi connectivity index (χ4v) is 6.06. The summed E-state index contributed by atoms with van der Waals surface area (Å²) in [6, 6.07) is 15.7. The second-order valence-corrected chi connectivity index (χ2v) is 11.1. The van der Waals surface area contributed by atoms with E-state index in [2.05, 4.69) is 15.2 Å². The minimum absolute atomic E-state index is 0.00969. The zero-order chi connectivity index (χ0) is 26.1. The molecule has 0 radical (unpaired) electrons. The van der Waals surface area contributed by atoms with Crippen LogP contribution in [0.25, 0.3) is 5.76 Å². The Balaban J connectivity index is 1.54. The summed E-state index contributed by atoms with van der Waals surface area (Å²) in [5.74, 6) is -1.11. The Morgan fingerprint density at radius 3 is 2.51 bits per heavy atom. The highest BCUT2D eigenvalue weighted by Gasteiger charge is 2.48. The Labute approximate surface area is 226 Å². The number of amides is 1. The highest BCUT2D eigenvalue weighted by Crippen LogP contribution is 2.44. The second-order valence-electron chi connectivity index (χ2n) is 8.53. The molecule has 1 saturated heterocycles. The average molecular weight is 549 g/mol. The number of aliphatic hydroxyl groups is 1. The fraction of sp³-hybridized carbons (Fsp3) is 0.148. The molecule has 0 aliphatic carbocycles. The Morgan fingerprint density at radius 2 is 1.78 bits per heavy atom. The molecule has 5 rings (SSSR count). The molecular weight excluding hydrogens is 528 g/mol. The molecule has 7 nitrogen and oxygen atoms in total. The highest BCUT2D eigenvalue weighted by molar-refractivity contribution is 8.00. The van der Waals surface area contributed by atoms with E-state index in [1.807, 2.05) is 50.2 Å². The number of rotatable bonds is 6. The molecule has 0 spiro atoms. The van der Waals surface area contributed by atoms with Gasteiger partial charge in [-0.05, 0) is 60.9 Å². The van der Waals surface area contributed by atoms with Crippen LogP contribution in [0.5, 0.6) is 0 Å². The van der Waals surface area contributed by atoms with Crippen LogP contribution in [0.15, 0.2) is 76.9 Å². The molecule has 186 valence electrons. The number of pyridine rings is 1. The summed E-state index contributed by atoms with van der Waals surface area (Å²) in [5.41, 5.74) is 3.93. The Morgan fingerprint density at radius 1 is 1.05 bits per heavy atom. The maximum atomic E-state index is 13.3. The van der Waals surface area contributed by atoms with E-state index < -0.39 is 17.7 Å². The van der Waals surface area contributed by atoms with E-state index in [0.29, 0.717) is 26.2 Å². The number of aliphatic hydroxyl groups excluding tert-OH is 1. The lowest BCUT2D eigenvalue weighted by atomic mass is 9.94. The van der Waals surface area contributed by atoms with Gasteiger partial charge in [-0.2, -0.15) is 0 Å². The molecule has 2 aromatic carbocycles. The molecule has 0 bridgehead atoms. The monoisotopic (exact) mass is 548 g/mol. The van der Waals surface area contributed by atoms with Crippen molar-refractivity contribution in [3.05, 3.63) is 105 Å². The van der Waals surface area contributed by atoms with E-state index in [1.165, 1.54) is 28.0 Å². The van der Waals surface area contributed by atoms with Crippen LogP contribution in [0, 0.1) is 13.8 Å². The van der Waals surface area contributed by atoms with Crippen LogP contribution in [0.4, 0.5) is 5.13 Å². The lowest BCUT2D eigenvalue weighted by molar-refractivity contribution is -0.132. The highest BCUT2D eigenvalue weighted by atomic mass is 35.5. The minimum Gasteiger partial charge on any atom is -0.507 e. The van der Waals surface area contributed by atoms with Crippen LogP contribution < -0.4 is 4.90 Å². The molecule has 1 unspecified atom stereocenters. The molecule has 1 amide bonds. The van der Waals surface area contributed by atoms with Gasteiger partial charge in [0.15, 0.2) is 4.34 Å². The Kier molecular flexibility index (Phi) is 7.10. The van der Waals surface area contributed by atoms with Crippen molar-refractivity contribution in [3.8, 4) is 0 Å². The summed E-state index contributed by atoms with van der Waals surface area (Å²) in [7, 11) is 0. The van der Waals surface area contributed by atoms with E-state index in [-0.39, 0.29) is 16.5 Å². The summed E-state index contributed by atoms with van der Waals surface area (Å²) in [6.45, 7) is 3.75. The molecule has 4 aromatic rings. The van der Waals surface area contributed by atoms with Crippen LogP contribution >= 0.6 is 34.7 Å². The third-order valence-electron chi connectivity index (χ3n) is 5.99. The van der Waals surface area contributed by atoms with Gasteiger partial charge >= 0.3 is 5.91 Å². The van der Waals surface area contributed by atoms with Gasteiger partial charge in [0.2, 0.25) is 5.13 Å². The van der Waals surface area contributed by atoms with Crippen LogP contribution in [0.3, 0.4) is 0 Å². The van der Waals surface area contributed by atoms with Crippen molar-refractivity contribution >= 4 is 57.3 Å². The van der Waals surface area contributed by atoms with Crippen molar-refractivity contribution in [2.75, 3.05) is 4.90 Å². The van der Waals surface area contributed by atoms with Gasteiger partial charge in [-0.1, -0.05) is 64.5 Å². The fourth-order valence-electron chi connectivity index (χ4n) is 4.11. The number of nitrogens with zero attached hydrogens (tertiary/aromatic N) is 4. The van der Waals surface area contributed by atoms with E-state index in [9.17, 15) is 14.7 Å². The maximum Gasteiger partial charge on any atom is 0.301 e. The van der Waals surface area contributed by atoms with Gasteiger partial charge < -0.3 is 5.11 Å². The average Bonchev–Trinajstić information content (AvgIpc) is 3.47. The van der Waals surface area contributed by atoms with Crippen LogP contribution in [0.2, 0.25) is 5.02 Å². The molecule has 1 aliphatic heterocycles. The number of carbonyl (C=O) groups is 2. The van der Waals surface area contributed by atoms with Crippen LogP contribution in [-0.2, 0) is 15.3 Å². The molecule has 3 heterocycles. The molecular formula is C27H21ClN4O3S2. The number of hydrogen-bond acceptors (Lipinski definition) is 8. The number of Topliss-reactive ketones (excluding diaryl/α,β-unsaturated/α-hetero) is 1. The van der Waals surface area contributed by atoms with E-state index in [4.69, 9.17) is 11.6 Å².